The highest BCUT2D eigenvalue weighted by Gasteiger charge is 2.53. The predicted molar refractivity (Wildman–Crippen MR) is 106 cm³/mol. The molecule has 28 heavy (non-hydrogen) atoms. The van der Waals surface area contributed by atoms with E-state index in [4.69, 9.17) is 4.74 Å². The fourth-order valence-corrected chi connectivity index (χ4v) is 4.62. The molecule has 2 fully saturated rings. The van der Waals surface area contributed by atoms with Gasteiger partial charge in [-0.15, -0.1) is 0 Å². The predicted octanol–water partition coefficient (Wildman–Crippen LogP) is 0.869. The van der Waals surface area contributed by atoms with Gasteiger partial charge in [0.1, 0.15) is 6.61 Å². The van der Waals surface area contributed by atoms with E-state index in [2.05, 4.69) is 29.3 Å². The van der Waals surface area contributed by atoms with Gasteiger partial charge in [-0.3, -0.25) is 14.3 Å². The third kappa shape index (κ3) is 4.22. The van der Waals surface area contributed by atoms with Crippen molar-refractivity contribution in [2.45, 2.75) is 51.7 Å². The Kier molecular flexibility index (Phi) is 6.72. The van der Waals surface area contributed by atoms with Crippen LogP contribution in [0.5, 0.6) is 0 Å². The first-order chi connectivity index (χ1) is 13.5. The fraction of sp³-hybridized carbons (Fsp3) is 0.750. The van der Waals surface area contributed by atoms with Crippen LogP contribution in [0.1, 0.15) is 38.2 Å². The van der Waals surface area contributed by atoms with Gasteiger partial charge in [-0.05, 0) is 39.3 Å². The summed E-state index contributed by atoms with van der Waals surface area (Å²) < 4.78 is 6.98. The van der Waals surface area contributed by atoms with E-state index in [0.29, 0.717) is 13.1 Å². The topological polar surface area (TPSA) is 79.7 Å². The number of carbonyl (C=O) groups is 2. The zero-order chi connectivity index (χ0) is 20.1. The maximum absolute atomic E-state index is 13.4. The highest BCUT2D eigenvalue weighted by molar-refractivity contribution is 5.86. The first-order valence-corrected chi connectivity index (χ1v) is 10.3. The zero-order valence-electron chi connectivity index (χ0n) is 17.3. The van der Waals surface area contributed by atoms with Crippen LogP contribution in [-0.4, -0.2) is 77.8 Å². The highest BCUT2D eigenvalue weighted by Crippen LogP contribution is 2.42. The number of nitrogens with zero attached hydrogens (tertiary/aromatic N) is 4. The van der Waals surface area contributed by atoms with Gasteiger partial charge in [0, 0.05) is 45.0 Å². The van der Waals surface area contributed by atoms with Gasteiger partial charge in [0.2, 0.25) is 11.8 Å². The van der Waals surface area contributed by atoms with Gasteiger partial charge < -0.3 is 19.9 Å². The van der Waals surface area contributed by atoms with Crippen LogP contribution in [0, 0.1) is 5.41 Å². The molecule has 8 nitrogen and oxygen atoms in total. The van der Waals surface area contributed by atoms with Crippen molar-refractivity contribution in [1.82, 2.24) is 24.9 Å². The molecule has 0 bridgehead atoms. The normalized spacial score (nSPS) is 25.4. The quantitative estimate of drug-likeness (QED) is 0.746. The molecule has 2 amide bonds. The second-order valence-electron chi connectivity index (χ2n) is 8.10. The third-order valence-corrected chi connectivity index (χ3v) is 6.09. The Morgan fingerprint density at radius 2 is 2.18 bits per heavy atom. The summed E-state index contributed by atoms with van der Waals surface area (Å²) in [6.07, 6.45) is 7.27. The summed E-state index contributed by atoms with van der Waals surface area (Å²) in [5, 5.41) is 7.47. The molecule has 2 aliphatic rings. The number of hydrogen-bond acceptors (Lipinski definition) is 5. The Labute approximate surface area is 167 Å². The lowest BCUT2D eigenvalue weighted by Crippen LogP contribution is -2.66. The number of amides is 2. The molecule has 8 heteroatoms. The molecule has 0 aliphatic carbocycles. The molecule has 156 valence electrons. The van der Waals surface area contributed by atoms with Crippen LogP contribution in [0.15, 0.2) is 12.4 Å². The number of aryl methyl sites for hydroxylation is 1. The minimum absolute atomic E-state index is 0.0273. The van der Waals surface area contributed by atoms with Crippen LogP contribution in [0.25, 0.3) is 0 Å². The van der Waals surface area contributed by atoms with E-state index in [0.717, 1.165) is 50.9 Å². The average molecular weight is 392 g/mol. The van der Waals surface area contributed by atoms with E-state index in [-0.39, 0.29) is 24.5 Å². The number of piperidine rings is 2. The van der Waals surface area contributed by atoms with E-state index >= 15 is 0 Å². The summed E-state index contributed by atoms with van der Waals surface area (Å²) in [5.74, 6) is 0.0317. The lowest BCUT2D eigenvalue weighted by molar-refractivity contribution is -0.156. The van der Waals surface area contributed by atoms with Crippen molar-refractivity contribution < 1.29 is 14.3 Å². The van der Waals surface area contributed by atoms with Gasteiger partial charge >= 0.3 is 0 Å². The molecule has 1 aromatic rings. The zero-order valence-corrected chi connectivity index (χ0v) is 17.3. The Hall–Kier alpha value is -1.93. The van der Waals surface area contributed by atoms with Crippen LogP contribution in [0.4, 0.5) is 0 Å². The number of likely N-dealkylation sites (N-methyl/N-ethyl adjacent to an activating group) is 1. The number of ether oxygens (including phenoxy) is 1. The van der Waals surface area contributed by atoms with Crippen LogP contribution >= 0.6 is 0 Å². The molecule has 0 spiro atoms. The first-order valence-electron chi connectivity index (χ1n) is 10.3. The summed E-state index contributed by atoms with van der Waals surface area (Å²) in [5.41, 5.74) is 0.485. The Bertz CT molecular complexity index is 691. The van der Waals surface area contributed by atoms with E-state index in [1.54, 1.807) is 0 Å². The van der Waals surface area contributed by atoms with Gasteiger partial charge in [-0.1, -0.05) is 6.92 Å². The van der Waals surface area contributed by atoms with E-state index in [1.165, 1.54) is 7.11 Å². The minimum atomic E-state index is -0.520. The Morgan fingerprint density at radius 3 is 2.93 bits per heavy atom. The molecule has 1 N–H and O–H groups in total. The van der Waals surface area contributed by atoms with Crippen molar-refractivity contribution in [2.24, 2.45) is 5.41 Å². The molecule has 3 rings (SSSR count). The summed E-state index contributed by atoms with van der Waals surface area (Å²) in [6, 6.07) is -0.106. The summed E-state index contributed by atoms with van der Waals surface area (Å²) in [4.78, 5) is 30.1. The maximum Gasteiger partial charge on any atom is 0.248 e. The van der Waals surface area contributed by atoms with Crippen molar-refractivity contribution in [2.75, 3.05) is 40.4 Å². The van der Waals surface area contributed by atoms with Crippen molar-refractivity contribution >= 4 is 11.8 Å². The summed E-state index contributed by atoms with van der Waals surface area (Å²) in [6.45, 7) is 5.81. The molecule has 0 radical (unpaired) electrons. The van der Waals surface area contributed by atoms with Crippen molar-refractivity contribution in [1.29, 1.82) is 0 Å². The number of likely N-dealkylation sites (tertiary alicyclic amines) is 2. The Morgan fingerprint density at radius 1 is 1.36 bits per heavy atom. The maximum atomic E-state index is 13.4. The Balaban J connectivity index is 1.73. The van der Waals surface area contributed by atoms with Crippen LogP contribution < -0.4 is 5.32 Å². The second kappa shape index (κ2) is 9.05. The molecule has 0 saturated carbocycles. The van der Waals surface area contributed by atoms with Gasteiger partial charge in [0.05, 0.1) is 17.7 Å². The number of aromatic nitrogens is 2. The molecule has 3 heterocycles. The number of fused-ring (bicyclic) bond motifs is 1. The number of hydrogen-bond donors (Lipinski definition) is 1. The highest BCUT2D eigenvalue weighted by atomic mass is 16.5. The molecule has 2 aliphatic heterocycles. The van der Waals surface area contributed by atoms with E-state index < -0.39 is 5.41 Å². The molecule has 2 atom stereocenters. The average Bonchev–Trinajstić information content (AvgIpc) is 3.13. The van der Waals surface area contributed by atoms with Gasteiger partial charge in [-0.25, -0.2) is 0 Å². The monoisotopic (exact) mass is 391 g/mol. The lowest BCUT2D eigenvalue weighted by Gasteiger charge is -2.53. The summed E-state index contributed by atoms with van der Waals surface area (Å²) in [7, 11) is 3.59. The van der Waals surface area contributed by atoms with E-state index in [9.17, 15) is 9.59 Å². The second-order valence-corrected chi connectivity index (χ2v) is 8.10. The number of methoxy groups -OCH3 is 1. The standard InChI is InChI=1S/C20H33N5O3/c1-4-8-24-13-16(12-22-24)11-21-19(27)20-6-5-9-25(18(26)15-28-3)17(20)14-23(2)10-7-20/h12-13,17H,4-11,14-15H2,1-3H3,(H,21,27)/t17-,20+/m0/s1. The van der Waals surface area contributed by atoms with E-state index in [1.807, 2.05) is 22.0 Å². The lowest BCUT2D eigenvalue weighted by atomic mass is 9.67. The molecule has 0 unspecified atom stereocenters. The first kappa shape index (κ1) is 20.8. The van der Waals surface area contributed by atoms with Crippen molar-refractivity contribution in [3.63, 3.8) is 0 Å². The fourth-order valence-electron chi connectivity index (χ4n) is 4.62. The van der Waals surface area contributed by atoms with Gasteiger partial charge in [0.15, 0.2) is 0 Å². The molecule has 2 saturated heterocycles. The largest absolute Gasteiger partial charge is 0.375 e. The van der Waals surface area contributed by atoms with Crippen LogP contribution in [0.3, 0.4) is 0 Å². The van der Waals surface area contributed by atoms with Crippen molar-refractivity contribution in [3.05, 3.63) is 18.0 Å². The number of rotatable bonds is 7. The third-order valence-electron chi connectivity index (χ3n) is 6.09. The molecular formula is C20H33N5O3. The van der Waals surface area contributed by atoms with Crippen molar-refractivity contribution in [3.8, 4) is 0 Å². The molecule has 0 aromatic carbocycles. The van der Waals surface area contributed by atoms with Gasteiger partial charge in [0.25, 0.3) is 0 Å². The molecule has 1 aromatic heterocycles. The van der Waals surface area contributed by atoms with Crippen LogP contribution in [-0.2, 0) is 27.4 Å². The molecular weight excluding hydrogens is 358 g/mol. The van der Waals surface area contributed by atoms with Gasteiger partial charge in [-0.2, -0.15) is 5.10 Å². The summed E-state index contributed by atoms with van der Waals surface area (Å²) >= 11 is 0. The SMILES string of the molecule is CCCn1cc(CNC(=O)[C@@]23CCCN(C(=O)COC)[C@H]2CN(C)CC3)cn1. The number of nitrogens with one attached hydrogen (secondary N) is 1. The number of carbonyl (C=O) groups excluding carboxylic acids is 2. The van der Waals surface area contributed by atoms with Crippen LogP contribution in [0.2, 0.25) is 0 Å². The minimum Gasteiger partial charge on any atom is -0.375 e. The smallest absolute Gasteiger partial charge is 0.248 e.